The lowest BCUT2D eigenvalue weighted by Crippen LogP contribution is -2.42. The van der Waals surface area contributed by atoms with Crippen molar-refractivity contribution in [2.75, 3.05) is 13.2 Å². The predicted octanol–water partition coefficient (Wildman–Crippen LogP) is 0.640. The van der Waals surface area contributed by atoms with Gasteiger partial charge >= 0.3 is 12.0 Å². The molecule has 0 fully saturated rings. The number of amides is 3. The van der Waals surface area contributed by atoms with E-state index in [9.17, 15) is 14.4 Å². The Balaban J connectivity index is 2.47. The van der Waals surface area contributed by atoms with Crippen molar-refractivity contribution < 1.29 is 24.2 Å². The van der Waals surface area contributed by atoms with Gasteiger partial charge in [0, 0.05) is 12.7 Å². The first-order valence-corrected chi connectivity index (χ1v) is 6.28. The van der Waals surface area contributed by atoms with Crippen molar-refractivity contribution in [3.05, 3.63) is 24.0 Å². The first-order chi connectivity index (χ1) is 9.90. The topological polar surface area (TPSA) is 118 Å². The van der Waals surface area contributed by atoms with Crippen molar-refractivity contribution in [3.8, 4) is 5.75 Å². The summed E-state index contributed by atoms with van der Waals surface area (Å²) in [6.07, 6.45) is 2.49. The highest BCUT2D eigenvalue weighted by atomic mass is 16.5. The van der Waals surface area contributed by atoms with Gasteiger partial charge in [0.15, 0.2) is 12.4 Å². The number of carbonyl (C=O) groups excluding carboxylic acids is 2. The quantitative estimate of drug-likeness (QED) is 0.709. The second kappa shape index (κ2) is 7.83. The number of carboxylic acids is 1. The summed E-state index contributed by atoms with van der Waals surface area (Å²) in [6, 6.07) is 0.632. The molecule has 0 atom stereocenters. The Labute approximate surface area is 121 Å². The number of nitrogens with zero attached hydrogens (tertiary/aromatic N) is 1. The van der Waals surface area contributed by atoms with E-state index in [1.54, 1.807) is 0 Å². The van der Waals surface area contributed by atoms with E-state index < -0.39 is 24.5 Å². The number of rotatable bonds is 6. The number of nitrogens with one attached hydrogen (secondary N) is 2. The van der Waals surface area contributed by atoms with E-state index in [1.807, 2.05) is 13.8 Å². The van der Waals surface area contributed by atoms with Gasteiger partial charge in [0.25, 0.3) is 5.91 Å². The van der Waals surface area contributed by atoms with Crippen molar-refractivity contribution in [1.29, 1.82) is 0 Å². The van der Waals surface area contributed by atoms with Crippen LogP contribution in [0.1, 0.15) is 24.2 Å². The third-order valence-electron chi connectivity index (χ3n) is 2.30. The normalized spacial score (nSPS) is 10.0. The molecule has 1 aromatic heterocycles. The number of aromatic nitrogens is 1. The summed E-state index contributed by atoms with van der Waals surface area (Å²) >= 11 is 0. The Morgan fingerprint density at radius 1 is 1.38 bits per heavy atom. The molecule has 1 heterocycles. The molecule has 1 aromatic rings. The lowest BCUT2D eigenvalue weighted by Gasteiger charge is -2.10. The van der Waals surface area contributed by atoms with Crippen molar-refractivity contribution >= 4 is 17.9 Å². The van der Waals surface area contributed by atoms with Crippen molar-refractivity contribution in [3.63, 3.8) is 0 Å². The molecule has 21 heavy (non-hydrogen) atoms. The Morgan fingerprint density at radius 3 is 2.71 bits per heavy atom. The Bertz CT molecular complexity index is 530. The third-order valence-corrected chi connectivity index (χ3v) is 2.30. The minimum Gasteiger partial charge on any atom is -0.481 e. The molecule has 3 amide bonds. The van der Waals surface area contributed by atoms with E-state index in [0.29, 0.717) is 6.54 Å². The molecule has 8 heteroatoms. The van der Waals surface area contributed by atoms with Crippen LogP contribution in [0.25, 0.3) is 0 Å². The molecule has 0 saturated carbocycles. The Hall–Kier alpha value is -2.64. The van der Waals surface area contributed by atoms with Gasteiger partial charge in [-0.2, -0.15) is 0 Å². The monoisotopic (exact) mass is 295 g/mol. The fraction of sp³-hybridized carbons (Fsp3) is 0.385. The molecule has 0 unspecified atom stereocenters. The second-order valence-electron chi connectivity index (χ2n) is 4.62. The fourth-order valence-corrected chi connectivity index (χ4v) is 1.32. The standard InChI is InChI=1S/C13H17N3O5/c1-8(2)5-15-13(20)16-11(17)7-21-10-6-14-4-3-9(10)12(18)19/h3-4,6,8H,5,7H2,1-2H3,(H,18,19)(H2,15,16,17,20). The molecule has 0 aliphatic heterocycles. The summed E-state index contributed by atoms with van der Waals surface area (Å²) in [5, 5.41) is 13.5. The van der Waals surface area contributed by atoms with Gasteiger partial charge < -0.3 is 15.2 Å². The summed E-state index contributed by atoms with van der Waals surface area (Å²) in [5.74, 6) is -1.66. The SMILES string of the molecule is CC(C)CNC(=O)NC(=O)COc1cnccc1C(=O)O. The second-order valence-corrected chi connectivity index (χ2v) is 4.62. The molecular formula is C13H17N3O5. The zero-order chi connectivity index (χ0) is 15.8. The van der Waals surface area contributed by atoms with Gasteiger partial charge in [-0.1, -0.05) is 13.8 Å². The molecule has 0 aromatic carbocycles. The zero-order valence-electron chi connectivity index (χ0n) is 11.8. The van der Waals surface area contributed by atoms with E-state index in [4.69, 9.17) is 9.84 Å². The molecule has 0 radical (unpaired) electrons. The average molecular weight is 295 g/mol. The van der Waals surface area contributed by atoms with Crippen LogP contribution in [0.15, 0.2) is 18.5 Å². The van der Waals surface area contributed by atoms with E-state index in [-0.39, 0.29) is 17.2 Å². The smallest absolute Gasteiger partial charge is 0.339 e. The van der Waals surface area contributed by atoms with Crippen LogP contribution < -0.4 is 15.4 Å². The van der Waals surface area contributed by atoms with Crippen LogP contribution in [0.2, 0.25) is 0 Å². The highest BCUT2D eigenvalue weighted by Crippen LogP contribution is 2.15. The molecule has 0 aliphatic carbocycles. The fourth-order valence-electron chi connectivity index (χ4n) is 1.32. The summed E-state index contributed by atoms with van der Waals surface area (Å²) < 4.78 is 5.05. The van der Waals surface area contributed by atoms with Crippen LogP contribution in [0.4, 0.5) is 4.79 Å². The number of ether oxygens (including phenoxy) is 1. The van der Waals surface area contributed by atoms with E-state index in [0.717, 1.165) is 0 Å². The van der Waals surface area contributed by atoms with Gasteiger partial charge in [-0.3, -0.25) is 15.1 Å². The maximum Gasteiger partial charge on any atom is 0.339 e. The molecule has 0 aliphatic rings. The van der Waals surface area contributed by atoms with Gasteiger partial charge in [-0.25, -0.2) is 9.59 Å². The van der Waals surface area contributed by atoms with E-state index >= 15 is 0 Å². The van der Waals surface area contributed by atoms with Gasteiger partial charge in [0.1, 0.15) is 5.56 Å². The van der Waals surface area contributed by atoms with Crippen LogP contribution in [-0.4, -0.2) is 41.1 Å². The number of carbonyl (C=O) groups is 3. The summed E-state index contributed by atoms with van der Waals surface area (Å²) in [6.45, 7) is 3.79. The minimum absolute atomic E-state index is 0.0391. The molecule has 0 spiro atoms. The lowest BCUT2D eigenvalue weighted by atomic mass is 10.2. The molecule has 1 rings (SSSR count). The van der Waals surface area contributed by atoms with Crippen LogP contribution in [-0.2, 0) is 4.79 Å². The summed E-state index contributed by atoms with van der Waals surface area (Å²) in [5.41, 5.74) is -0.109. The van der Waals surface area contributed by atoms with Crippen LogP contribution in [0.3, 0.4) is 0 Å². The van der Waals surface area contributed by atoms with E-state index in [2.05, 4.69) is 15.6 Å². The zero-order valence-corrected chi connectivity index (χ0v) is 11.8. The third kappa shape index (κ3) is 5.89. The maximum absolute atomic E-state index is 11.5. The van der Waals surface area contributed by atoms with Crippen LogP contribution >= 0.6 is 0 Å². The molecular weight excluding hydrogens is 278 g/mol. The van der Waals surface area contributed by atoms with Crippen molar-refractivity contribution in [1.82, 2.24) is 15.6 Å². The molecule has 8 nitrogen and oxygen atoms in total. The maximum atomic E-state index is 11.5. The lowest BCUT2D eigenvalue weighted by molar-refractivity contribution is -0.122. The highest BCUT2D eigenvalue weighted by molar-refractivity contribution is 5.95. The van der Waals surface area contributed by atoms with Crippen LogP contribution in [0, 0.1) is 5.92 Å². The van der Waals surface area contributed by atoms with Gasteiger partial charge in [0.2, 0.25) is 0 Å². The summed E-state index contributed by atoms with van der Waals surface area (Å²) in [4.78, 5) is 37.5. The first-order valence-electron chi connectivity index (χ1n) is 6.28. The van der Waals surface area contributed by atoms with Crippen LogP contribution in [0.5, 0.6) is 5.75 Å². The number of imide groups is 1. The van der Waals surface area contributed by atoms with Crippen molar-refractivity contribution in [2.24, 2.45) is 5.92 Å². The molecule has 3 N–H and O–H groups in total. The number of pyridine rings is 1. The number of carboxylic acid groups (broad SMARTS) is 1. The minimum atomic E-state index is -1.19. The number of hydrogen-bond donors (Lipinski definition) is 3. The summed E-state index contributed by atoms with van der Waals surface area (Å²) in [7, 11) is 0. The van der Waals surface area contributed by atoms with Gasteiger partial charge in [0.05, 0.1) is 6.20 Å². The molecule has 114 valence electrons. The largest absolute Gasteiger partial charge is 0.481 e. The van der Waals surface area contributed by atoms with Crippen molar-refractivity contribution in [2.45, 2.75) is 13.8 Å². The first kappa shape index (κ1) is 16.4. The predicted molar refractivity (Wildman–Crippen MR) is 73.1 cm³/mol. The van der Waals surface area contributed by atoms with E-state index in [1.165, 1.54) is 18.5 Å². The highest BCUT2D eigenvalue weighted by Gasteiger charge is 2.13. The Morgan fingerprint density at radius 2 is 2.10 bits per heavy atom. The van der Waals surface area contributed by atoms with Gasteiger partial charge in [-0.05, 0) is 12.0 Å². The Kier molecular flexibility index (Phi) is 6.12. The number of hydrogen-bond acceptors (Lipinski definition) is 5. The number of aromatic carboxylic acids is 1. The average Bonchev–Trinajstić information content (AvgIpc) is 2.43. The number of urea groups is 1. The molecule has 0 bridgehead atoms. The molecule has 0 saturated heterocycles. The van der Waals surface area contributed by atoms with Gasteiger partial charge in [-0.15, -0.1) is 0 Å².